The molecule has 1 aliphatic carbocycles. The summed E-state index contributed by atoms with van der Waals surface area (Å²) < 4.78 is 12.1. The molecule has 40 heavy (non-hydrogen) atoms. The number of anilines is 1. The molecule has 9 nitrogen and oxygen atoms in total. The van der Waals surface area contributed by atoms with Gasteiger partial charge in [0.05, 0.1) is 47.5 Å². The maximum absolute atomic E-state index is 13.7. The third-order valence-electron chi connectivity index (χ3n) is 8.11. The van der Waals surface area contributed by atoms with E-state index in [-0.39, 0.29) is 48.1 Å². The van der Waals surface area contributed by atoms with Crippen LogP contribution in [0.5, 0.6) is 11.5 Å². The second-order valence-corrected chi connectivity index (χ2v) is 11.7. The van der Waals surface area contributed by atoms with Crippen molar-refractivity contribution in [2.24, 2.45) is 17.8 Å². The van der Waals surface area contributed by atoms with Gasteiger partial charge in [-0.05, 0) is 95.2 Å². The van der Waals surface area contributed by atoms with E-state index >= 15 is 0 Å². The lowest BCUT2D eigenvalue weighted by Crippen LogP contribution is -2.35. The van der Waals surface area contributed by atoms with Crippen LogP contribution >= 0.6 is 22.6 Å². The van der Waals surface area contributed by atoms with Gasteiger partial charge in [-0.2, -0.15) is 0 Å². The van der Waals surface area contributed by atoms with Gasteiger partial charge in [0.15, 0.2) is 11.5 Å². The predicted molar refractivity (Wildman–Crippen MR) is 158 cm³/mol. The van der Waals surface area contributed by atoms with Gasteiger partial charge < -0.3 is 29.7 Å². The van der Waals surface area contributed by atoms with Crippen molar-refractivity contribution >= 4 is 58.7 Å². The Kier molecular flexibility index (Phi) is 8.39. The Morgan fingerprint density at radius 2 is 1.98 bits per heavy atom. The zero-order valence-electron chi connectivity index (χ0n) is 22.2. The molecule has 0 radical (unpaired) electrons. The Hall–Kier alpha value is -2.71. The number of phenols is 1. The van der Waals surface area contributed by atoms with Gasteiger partial charge in [-0.3, -0.25) is 14.5 Å². The maximum Gasteiger partial charge on any atom is 0.488 e. The molecule has 0 unspecified atom stereocenters. The van der Waals surface area contributed by atoms with Crippen molar-refractivity contribution < 1.29 is 39.3 Å². The number of methoxy groups -OCH3 is 1. The van der Waals surface area contributed by atoms with E-state index in [1.54, 1.807) is 18.2 Å². The number of hydrogen-bond donors (Lipinski definition) is 4. The molecule has 4 N–H and O–H groups in total. The van der Waals surface area contributed by atoms with Crippen LogP contribution in [-0.2, 0) is 14.3 Å². The molecule has 4 atom stereocenters. The normalized spacial score (nSPS) is 24.4. The highest BCUT2D eigenvalue weighted by Gasteiger charge is 2.57. The molecule has 5 rings (SSSR count). The summed E-state index contributed by atoms with van der Waals surface area (Å²) in [5.41, 5.74) is 4.19. The van der Waals surface area contributed by atoms with E-state index in [4.69, 9.17) is 9.47 Å². The molecule has 2 fully saturated rings. The Morgan fingerprint density at radius 3 is 2.67 bits per heavy atom. The quantitative estimate of drug-likeness (QED) is 0.147. The summed E-state index contributed by atoms with van der Waals surface area (Å²) in [6.45, 7) is 2.11. The number of hydrogen-bond acceptors (Lipinski definition) is 8. The minimum absolute atomic E-state index is 0.111. The van der Waals surface area contributed by atoms with Gasteiger partial charge >= 0.3 is 7.12 Å². The summed E-state index contributed by atoms with van der Waals surface area (Å²) in [7, 11) is -0.204. The molecule has 0 saturated carbocycles. The van der Waals surface area contributed by atoms with E-state index < -0.39 is 19.0 Å². The van der Waals surface area contributed by atoms with E-state index in [9.17, 15) is 29.9 Å². The first-order valence-electron chi connectivity index (χ1n) is 13.2. The van der Waals surface area contributed by atoms with Gasteiger partial charge in [-0.1, -0.05) is 23.8 Å². The number of benzene rings is 2. The number of amides is 2. The van der Waals surface area contributed by atoms with Crippen LogP contribution in [0.2, 0.25) is 0 Å². The number of ether oxygens (including phenoxy) is 2. The first-order chi connectivity index (χ1) is 19.1. The van der Waals surface area contributed by atoms with Crippen molar-refractivity contribution in [3.63, 3.8) is 0 Å². The van der Waals surface area contributed by atoms with E-state index in [2.05, 4.69) is 22.6 Å². The topological polar surface area (TPSA) is 137 Å². The third-order valence-corrected chi connectivity index (χ3v) is 8.93. The molecule has 0 spiro atoms. The molecule has 2 aliphatic heterocycles. The number of imide groups is 1. The van der Waals surface area contributed by atoms with Crippen molar-refractivity contribution in [3.05, 3.63) is 62.3 Å². The van der Waals surface area contributed by atoms with E-state index in [0.717, 1.165) is 27.2 Å². The monoisotopic (exact) mass is 659 g/mol. The molecule has 210 valence electrons. The second-order valence-electron chi connectivity index (χ2n) is 10.5. The minimum atomic E-state index is -1.72. The van der Waals surface area contributed by atoms with Crippen molar-refractivity contribution in [2.75, 3.05) is 25.2 Å². The molecule has 2 aromatic rings. The van der Waals surface area contributed by atoms with Gasteiger partial charge in [0.25, 0.3) is 0 Å². The smallest absolute Gasteiger partial charge is 0.488 e. The summed E-state index contributed by atoms with van der Waals surface area (Å²) in [4.78, 5) is 28.2. The van der Waals surface area contributed by atoms with Gasteiger partial charge in [-0.15, -0.1) is 0 Å². The molecule has 3 aliphatic rings. The summed E-state index contributed by atoms with van der Waals surface area (Å²) in [6.07, 6.45) is 3.42. The number of phenolic OH excluding ortho intramolecular Hbond substituents is 1. The average molecular weight is 659 g/mol. The summed E-state index contributed by atoms with van der Waals surface area (Å²) in [5.74, 6) is -1.63. The molecule has 0 aromatic heterocycles. The predicted octanol–water partition coefficient (Wildman–Crippen LogP) is 2.38. The molecular weight excluding hydrogens is 628 g/mol. The molecule has 2 aromatic carbocycles. The standard InChI is InChI=1S/C29H31BINO8/c1-15(8-16-9-22(31)27(34)24(10-16)39-2)6-7-23-25-17(13-33)11-20-26(21(25)14-40-23)29(36)32(28(20)35)19-5-3-4-18(12-19)30(37)38/h3-5,8-10,12,20-21,23,26,33-34,37-38H,6-7,11,13-14H2,1-2H3/b15-8+/t20-,21+,23-,26-/m1/s1. The molecule has 0 bridgehead atoms. The Bertz CT molecular complexity index is 1410. The highest BCUT2D eigenvalue weighted by atomic mass is 127. The number of fused-ring (bicyclic) bond motifs is 3. The van der Waals surface area contributed by atoms with Crippen molar-refractivity contribution in [3.8, 4) is 11.5 Å². The Labute approximate surface area is 246 Å². The highest BCUT2D eigenvalue weighted by molar-refractivity contribution is 14.1. The fourth-order valence-electron chi connectivity index (χ4n) is 6.25. The summed E-state index contributed by atoms with van der Waals surface area (Å²) in [6, 6.07) is 9.79. The van der Waals surface area contributed by atoms with Crippen molar-refractivity contribution in [1.82, 2.24) is 0 Å². The van der Waals surface area contributed by atoms with E-state index in [1.165, 1.54) is 19.2 Å². The molecule has 2 heterocycles. The number of aliphatic hydroxyl groups is 1. The van der Waals surface area contributed by atoms with Gasteiger partial charge in [0, 0.05) is 5.92 Å². The number of nitrogens with zero attached hydrogens (tertiary/aromatic N) is 1. The fraction of sp³-hybridized carbons (Fsp3) is 0.379. The SMILES string of the molecule is COc1cc(/C=C(\C)CC[C@H]2OC[C@H]3C2=C(CO)C[C@H]2C(=O)N(c4cccc(B(O)O)c4)C(=O)[C@H]23)cc(I)c1O. The third kappa shape index (κ3) is 5.21. The van der Waals surface area contributed by atoms with Crippen LogP contribution in [0.3, 0.4) is 0 Å². The van der Waals surface area contributed by atoms with Crippen LogP contribution in [0, 0.1) is 21.3 Å². The number of allylic oxidation sites excluding steroid dienone is 1. The van der Waals surface area contributed by atoms with Gasteiger partial charge in [0.1, 0.15) is 0 Å². The van der Waals surface area contributed by atoms with Crippen LogP contribution in [0.15, 0.2) is 53.1 Å². The average Bonchev–Trinajstić information content (AvgIpc) is 3.47. The molecular formula is C29H31BINO8. The van der Waals surface area contributed by atoms with Gasteiger partial charge in [-0.25, -0.2) is 0 Å². The number of carbonyl (C=O) groups excluding carboxylic acids is 2. The van der Waals surface area contributed by atoms with Crippen LogP contribution in [-0.4, -0.2) is 65.6 Å². The summed E-state index contributed by atoms with van der Waals surface area (Å²) in [5, 5.41) is 39.5. The largest absolute Gasteiger partial charge is 0.504 e. The van der Waals surface area contributed by atoms with E-state index in [1.807, 2.05) is 19.1 Å². The minimum Gasteiger partial charge on any atom is -0.504 e. The highest BCUT2D eigenvalue weighted by Crippen LogP contribution is 2.50. The van der Waals surface area contributed by atoms with Crippen molar-refractivity contribution in [1.29, 1.82) is 0 Å². The fourth-order valence-corrected chi connectivity index (χ4v) is 6.87. The molecule has 2 saturated heterocycles. The summed E-state index contributed by atoms with van der Waals surface area (Å²) >= 11 is 2.06. The molecule has 2 amide bonds. The second kappa shape index (κ2) is 11.7. The van der Waals surface area contributed by atoms with Crippen LogP contribution in [0.4, 0.5) is 5.69 Å². The van der Waals surface area contributed by atoms with Crippen LogP contribution < -0.4 is 15.1 Å². The lowest BCUT2D eigenvalue weighted by atomic mass is 9.69. The first-order valence-corrected chi connectivity index (χ1v) is 14.2. The van der Waals surface area contributed by atoms with E-state index in [0.29, 0.717) is 34.5 Å². The number of rotatable bonds is 8. The zero-order valence-corrected chi connectivity index (χ0v) is 24.4. The van der Waals surface area contributed by atoms with Gasteiger partial charge in [0.2, 0.25) is 11.8 Å². The Morgan fingerprint density at radius 1 is 1.20 bits per heavy atom. The number of halogens is 1. The number of aliphatic hydroxyl groups excluding tert-OH is 1. The first kappa shape index (κ1) is 28.8. The lowest BCUT2D eigenvalue weighted by molar-refractivity contribution is -0.122. The molecule has 11 heteroatoms. The zero-order chi connectivity index (χ0) is 28.7. The van der Waals surface area contributed by atoms with Crippen LogP contribution in [0.25, 0.3) is 6.08 Å². The maximum atomic E-state index is 13.7. The van der Waals surface area contributed by atoms with Crippen molar-refractivity contribution in [2.45, 2.75) is 32.3 Å². The number of carbonyl (C=O) groups is 2. The van der Waals surface area contributed by atoms with Crippen LogP contribution in [0.1, 0.15) is 31.7 Å². The Balaban J connectivity index is 1.35. The lowest BCUT2D eigenvalue weighted by Gasteiger charge is -2.31. The number of aromatic hydroxyl groups is 1.